The van der Waals surface area contributed by atoms with E-state index in [9.17, 15) is 19.4 Å². The van der Waals surface area contributed by atoms with Crippen molar-refractivity contribution in [3.05, 3.63) is 71.8 Å². The van der Waals surface area contributed by atoms with E-state index in [1.54, 1.807) is 12.1 Å². The molecule has 1 aliphatic rings. The number of rotatable bonds is 7. The Morgan fingerprint density at radius 3 is 2.07 bits per heavy atom. The first kappa shape index (κ1) is 19.9. The molecular weight excluding hydrogens is 359 g/mol. The van der Waals surface area contributed by atoms with Gasteiger partial charge in [-0.25, -0.2) is 0 Å². The monoisotopic (exact) mass is 386 g/mol. The van der Waals surface area contributed by atoms with Gasteiger partial charge in [0.05, 0.1) is 17.7 Å². The summed E-state index contributed by atoms with van der Waals surface area (Å²) >= 11 is 0. The van der Waals surface area contributed by atoms with Crippen molar-refractivity contribution in [3.63, 3.8) is 0 Å². The zero-order valence-corrected chi connectivity index (χ0v) is 16.3. The molecule has 3 rings (SSSR count). The molecule has 2 N–H and O–H groups in total. The molecule has 0 amide bonds. The van der Waals surface area contributed by atoms with Gasteiger partial charge in [0.2, 0.25) is 7.37 Å². The lowest BCUT2D eigenvalue weighted by molar-refractivity contribution is -0.144. The van der Waals surface area contributed by atoms with E-state index in [1.807, 2.05) is 48.5 Å². The average molecular weight is 386 g/mol. The van der Waals surface area contributed by atoms with Gasteiger partial charge in [-0.3, -0.25) is 9.36 Å². The van der Waals surface area contributed by atoms with Gasteiger partial charge in [-0.1, -0.05) is 79.9 Å². The van der Waals surface area contributed by atoms with E-state index in [1.165, 1.54) is 0 Å². The van der Waals surface area contributed by atoms with E-state index in [-0.39, 0.29) is 12.1 Å². The number of hydrogen-bond acceptors (Lipinski definition) is 2. The van der Waals surface area contributed by atoms with E-state index in [0.717, 1.165) is 37.7 Å². The minimum absolute atomic E-state index is 0.0100. The maximum atomic E-state index is 13.6. The highest BCUT2D eigenvalue weighted by Gasteiger charge is 2.45. The van der Waals surface area contributed by atoms with E-state index < -0.39 is 24.9 Å². The van der Waals surface area contributed by atoms with Gasteiger partial charge in [-0.05, 0) is 29.9 Å². The first-order chi connectivity index (χ1) is 13.0. The molecule has 5 heteroatoms. The minimum Gasteiger partial charge on any atom is -0.481 e. The number of carboxylic acid groups (broad SMARTS) is 1. The lowest BCUT2D eigenvalue weighted by atomic mass is 9.77. The molecule has 0 radical (unpaired) electrons. The van der Waals surface area contributed by atoms with Gasteiger partial charge in [-0.2, -0.15) is 0 Å². The third-order valence-corrected chi connectivity index (χ3v) is 7.92. The Morgan fingerprint density at radius 2 is 1.52 bits per heavy atom. The Labute approximate surface area is 160 Å². The molecular formula is C22H27O4P. The second-order valence-corrected chi connectivity index (χ2v) is 9.90. The Hall–Kier alpha value is -1.90. The van der Waals surface area contributed by atoms with Crippen LogP contribution in [0.5, 0.6) is 0 Å². The Morgan fingerprint density at radius 1 is 0.963 bits per heavy atom. The van der Waals surface area contributed by atoms with Crippen molar-refractivity contribution >= 4 is 13.3 Å². The fourth-order valence-corrected chi connectivity index (χ4v) is 6.81. The molecule has 144 valence electrons. The van der Waals surface area contributed by atoms with Gasteiger partial charge in [0.1, 0.15) is 0 Å². The highest BCUT2D eigenvalue weighted by atomic mass is 31.2. The van der Waals surface area contributed by atoms with Gasteiger partial charge in [-0.15, -0.1) is 0 Å². The highest BCUT2D eigenvalue weighted by Crippen LogP contribution is 2.63. The van der Waals surface area contributed by atoms with Crippen LogP contribution in [0.4, 0.5) is 0 Å². The van der Waals surface area contributed by atoms with E-state index in [2.05, 4.69) is 0 Å². The van der Waals surface area contributed by atoms with E-state index >= 15 is 0 Å². The molecule has 27 heavy (non-hydrogen) atoms. The van der Waals surface area contributed by atoms with Crippen molar-refractivity contribution in [2.24, 2.45) is 11.8 Å². The summed E-state index contributed by atoms with van der Waals surface area (Å²) in [6, 6.07) is 18.2. The summed E-state index contributed by atoms with van der Waals surface area (Å²) in [5, 5.41) is 10.1. The fourth-order valence-electron chi connectivity index (χ4n) is 4.37. The standard InChI is InChI=1S/C22H27O4P/c23-22(24)20(18-12-6-2-7-13-18)21(19-14-8-3-9-15-19)27(25,26)16-17-10-4-1-5-11-17/h1,3-5,8-11,14-15,18,20-21H,2,6-7,12-13,16H2,(H,23,24)(H,25,26). The number of carboxylic acids is 1. The minimum atomic E-state index is -3.80. The first-order valence-corrected chi connectivity index (χ1v) is 11.5. The molecule has 2 aromatic rings. The quantitative estimate of drug-likeness (QED) is 0.618. The van der Waals surface area contributed by atoms with Crippen LogP contribution in [0.15, 0.2) is 60.7 Å². The normalized spacial score (nSPS) is 19.7. The van der Waals surface area contributed by atoms with Crippen molar-refractivity contribution in [1.29, 1.82) is 0 Å². The van der Waals surface area contributed by atoms with Crippen LogP contribution in [-0.2, 0) is 15.5 Å². The lowest BCUT2D eigenvalue weighted by Crippen LogP contribution is -2.31. The van der Waals surface area contributed by atoms with Gasteiger partial charge in [0, 0.05) is 0 Å². The molecule has 1 saturated carbocycles. The molecule has 0 spiro atoms. The first-order valence-electron chi connectivity index (χ1n) is 9.62. The van der Waals surface area contributed by atoms with Crippen molar-refractivity contribution in [1.82, 2.24) is 0 Å². The fraction of sp³-hybridized carbons (Fsp3) is 0.409. The molecule has 3 unspecified atom stereocenters. The maximum absolute atomic E-state index is 13.6. The molecule has 0 aliphatic heterocycles. The summed E-state index contributed by atoms with van der Waals surface area (Å²) < 4.78 is 13.6. The van der Waals surface area contributed by atoms with Gasteiger partial charge in [0.25, 0.3) is 0 Å². The van der Waals surface area contributed by atoms with Crippen molar-refractivity contribution in [2.45, 2.75) is 43.9 Å². The molecule has 2 aromatic carbocycles. The van der Waals surface area contributed by atoms with Crippen LogP contribution in [-0.4, -0.2) is 16.0 Å². The second kappa shape index (κ2) is 8.86. The third kappa shape index (κ3) is 4.88. The topological polar surface area (TPSA) is 74.6 Å². The number of carbonyl (C=O) groups is 1. The van der Waals surface area contributed by atoms with Gasteiger partial charge in [0.15, 0.2) is 0 Å². The molecule has 0 aromatic heterocycles. The predicted octanol–water partition coefficient (Wildman–Crippen LogP) is 5.48. The Bertz CT molecular complexity index is 784. The summed E-state index contributed by atoms with van der Waals surface area (Å²) in [7, 11) is -3.80. The molecule has 0 bridgehead atoms. The van der Waals surface area contributed by atoms with Crippen LogP contribution in [0.3, 0.4) is 0 Å². The van der Waals surface area contributed by atoms with Crippen molar-refractivity contribution in [3.8, 4) is 0 Å². The number of hydrogen-bond donors (Lipinski definition) is 2. The molecule has 3 atom stereocenters. The largest absolute Gasteiger partial charge is 0.481 e. The summed E-state index contributed by atoms with van der Waals surface area (Å²) in [6.07, 6.45) is 4.70. The summed E-state index contributed by atoms with van der Waals surface area (Å²) in [4.78, 5) is 23.4. The molecule has 1 fully saturated rings. The van der Waals surface area contributed by atoms with Crippen LogP contribution in [0.1, 0.15) is 48.9 Å². The zero-order valence-electron chi connectivity index (χ0n) is 15.4. The number of aliphatic carboxylic acids is 1. The second-order valence-electron chi connectivity index (χ2n) is 7.52. The van der Waals surface area contributed by atoms with Crippen LogP contribution in [0.2, 0.25) is 0 Å². The van der Waals surface area contributed by atoms with E-state index in [0.29, 0.717) is 5.56 Å². The lowest BCUT2D eigenvalue weighted by Gasteiger charge is -2.35. The van der Waals surface area contributed by atoms with E-state index in [4.69, 9.17) is 0 Å². The Balaban J connectivity index is 2.01. The Kier molecular flexibility index (Phi) is 6.51. The molecule has 0 heterocycles. The molecule has 4 nitrogen and oxygen atoms in total. The SMILES string of the molecule is O=C(O)C(C1CCCCC1)C(c1ccccc1)P(=O)(O)Cc1ccccc1. The molecule has 0 saturated heterocycles. The van der Waals surface area contributed by atoms with Gasteiger partial charge < -0.3 is 10.00 Å². The van der Waals surface area contributed by atoms with Crippen molar-refractivity contribution < 1.29 is 19.4 Å². The number of benzene rings is 2. The highest BCUT2D eigenvalue weighted by molar-refractivity contribution is 7.57. The average Bonchev–Trinajstić information content (AvgIpc) is 2.67. The van der Waals surface area contributed by atoms with Crippen LogP contribution >= 0.6 is 7.37 Å². The molecule has 1 aliphatic carbocycles. The summed E-state index contributed by atoms with van der Waals surface area (Å²) in [5.74, 6) is -1.86. The zero-order chi connectivity index (χ0) is 19.3. The van der Waals surface area contributed by atoms with Crippen LogP contribution in [0.25, 0.3) is 0 Å². The maximum Gasteiger partial charge on any atom is 0.307 e. The summed E-state index contributed by atoms with van der Waals surface area (Å²) in [6.45, 7) is 0. The van der Waals surface area contributed by atoms with Gasteiger partial charge >= 0.3 is 5.97 Å². The van der Waals surface area contributed by atoms with Crippen LogP contribution in [0, 0.1) is 11.8 Å². The predicted molar refractivity (Wildman–Crippen MR) is 107 cm³/mol. The van der Waals surface area contributed by atoms with Crippen LogP contribution < -0.4 is 0 Å². The smallest absolute Gasteiger partial charge is 0.307 e. The van der Waals surface area contributed by atoms with Crippen molar-refractivity contribution in [2.75, 3.05) is 0 Å². The third-order valence-electron chi connectivity index (χ3n) is 5.61. The summed E-state index contributed by atoms with van der Waals surface area (Å²) in [5.41, 5.74) is 0.522.